The van der Waals surface area contributed by atoms with Gasteiger partial charge in [0.05, 0.1) is 36.2 Å². The van der Waals surface area contributed by atoms with Gasteiger partial charge in [0.1, 0.15) is 5.75 Å². The lowest BCUT2D eigenvalue weighted by atomic mass is 9.67. The number of hydrogen-bond donors (Lipinski definition) is 1. The van der Waals surface area contributed by atoms with Crippen LogP contribution in [0.4, 0.5) is 5.69 Å². The molecule has 10 heteroatoms. The highest BCUT2D eigenvalue weighted by molar-refractivity contribution is 7.99. The number of aromatic nitrogens is 2. The van der Waals surface area contributed by atoms with E-state index < -0.39 is 5.97 Å². The Kier molecular flexibility index (Phi) is 9.46. The van der Waals surface area contributed by atoms with E-state index in [2.05, 4.69) is 33.9 Å². The molecule has 1 saturated carbocycles. The first-order valence-corrected chi connectivity index (χ1v) is 17.9. The third kappa shape index (κ3) is 6.75. The second-order valence-electron chi connectivity index (χ2n) is 13.4. The van der Waals surface area contributed by atoms with Crippen LogP contribution in [0, 0.1) is 11.8 Å². The highest BCUT2D eigenvalue weighted by Gasteiger charge is 2.45. The van der Waals surface area contributed by atoms with Crippen LogP contribution in [-0.4, -0.2) is 71.4 Å². The molecular weight excluding hydrogens is 622 g/mol. The lowest BCUT2D eigenvalue weighted by Gasteiger charge is -2.48. The highest BCUT2D eigenvalue weighted by Crippen LogP contribution is 2.47. The van der Waals surface area contributed by atoms with E-state index in [4.69, 9.17) is 25.8 Å². The number of anilines is 1. The maximum Gasteiger partial charge on any atom is 0.335 e. The summed E-state index contributed by atoms with van der Waals surface area (Å²) in [4.78, 5) is 23.1. The Labute approximate surface area is 280 Å². The van der Waals surface area contributed by atoms with Crippen molar-refractivity contribution in [2.45, 2.75) is 80.8 Å². The summed E-state index contributed by atoms with van der Waals surface area (Å²) < 4.78 is 19.5. The third-order valence-corrected chi connectivity index (χ3v) is 11.7. The molecule has 46 heavy (non-hydrogen) atoms. The van der Waals surface area contributed by atoms with E-state index in [1.807, 2.05) is 18.2 Å². The van der Waals surface area contributed by atoms with Gasteiger partial charge in [-0.2, -0.15) is 0 Å². The fraction of sp³-hybridized carbons (Fsp3) is 0.528. The van der Waals surface area contributed by atoms with E-state index >= 15 is 0 Å². The second kappa shape index (κ2) is 13.7. The van der Waals surface area contributed by atoms with Gasteiger partial charge < -0.3 is 24.2 Å². The van der Waals surface area contributed by atoms with Crippen molar-refractivity contribution in [1.82, 2.24) is 9.97 Å². The number of hydrogen-bond acceptors (Lipinski definition) is 8. The molecule has 1 aromatic heterocycles. The van der Waals surface area contributed by atoms with Crippen molar-refractivity contribution < 1.29 is 24.1 Å². The fourth-order valence-electron chi connectivity index (χ4n) is 7.98. The fourth-order valence-corrected chi connectivity index (χ4v) is 8.91. The van der Waals surface area contributed by atoms with Crippen molar-refractivity contribution in [3.05, 3.63) is 76.6 Å². The molecule has 0 radical (unpaired) electrons. The van der Waals surface area contributed by atoms with Crippen molar-refractivity contribution in [3.8, 4) is 5.75 Å². The summed E-state index contributed by atoms with van der Waals surface area (Å²) in [5.41, 5.74) is 3.57. The van der Waals surface area contributed by atoms with Crippen LogP contribution >= 0.6 is 23.4 Å². The predicted octanol–water partition coefficient (Wildman–Crippen LogP) is 7.07. The van der Waals surface area contributed by atoms with E-state index in [9.17, 15) is 9.90 Å². The largest absolute Gasteiger partial charge is 0.490 e. The minimum atomic E-state index is -0.925. The van der Waals surface area contributed by atoms with Crippen LogP contribution in [-0.2, 0) is 21.3 Å². The average molecular weight is 664 g/mol. The zero-order valence-corrected chi connectivity index (χ0v) is 27.8. The Bertz CT molecular complexity index is 1550. The van der Waals surface area contributed by atoms with E-state index in [0.29, 0.717) is 25.0 Å². The van der Waals surface area contributed by atoms with E-state index in [1.165, 1.54) is 11.1 Å². The molecule has 0 amide bonds. The van der Waals surface area contributed by atoms with Crippen LogP contribution in [0.5, 0.6) is 5.75 Å². The van der Waals surface area contributed by atoms with Crippen molar-refractivity contribution >= 4 is 35.0 Å². The Balaban J connectivity index is 1.07. The number of halogens is 1. The molecule has 1 saturated heterocycles. The summed E-state index contributed by atoms with van der Waals surface area (Å²) in [6, 6.07) is 13.4. The molecule has 2 aliphatic carbocycles. The molecule has 0 bridgehead atoms. The van der Waals surface area contributed by atoms with Gasteiger partial charge in [-0.1, -0.05) is 29.4 Å². The van der Waals surface area contributed by atoms with Gasteiger partial charge in [0.2, 0.25) is 0 Å². The Morgan fingerprint density at radius 1 is 1.20 bits per heavy atom. The molecular formula is C36H42ClN3O5S. The molecule has 3 aromatic rings. The van der Waals surface area contributed by atoms with Crippen molar-refractivity contribution in [3.63, 3.8) is 0 Å². The number of carbonyl (C=O) groups is 1. The summed E-state index contributed by atoms with van der Waals surface area (Å²) in [6.07, 6.45) is 11.1. The van der Waals surface area contributed by atoms with Gasteiger partial charge in [-0.3, -0.25) is 0 Å². The maximum atomic E-state index is 12.0. The molecule has 6 atom stereocenters. The summed E-state index contributed by atoms with van der Waals surface area (Å²) in [6.45, 7) is 5.01. The van der Waals surface area contributed by atoms with Crippen LogP contribution < -0.4 is 9.64 Å². The van der Waals surface area contributed by atoms with E-state index in [-0.39, 0.29) is 29.3 Å². The number of thioether (sulfide) groups is 1. The number of aromatic carboxylic acids is 1. The van der Waals surface area contributed by atoms with Crippen molar-refractivity contribution in [2.75, 3.05) is 37.0 Å². The summed E-state index contributed by atoms with van der Waals surface area (Å²) in [5.74, 6) is 1.53. The quantitative estimate of drug-likeness (QED) is 0.191. The van der Waals surface area contributed by atoms with Gasteiger partial charge in [-0.05, 0) is 105 Å². The average Bonchev–Trinajstić information content (AvgIpc) is 3.19. The molecule has 7 rings (SSSR count). The van der Waals surface area contributed by atoms with Crippen LogP contribution in [0.15, 0.2) is 60.0 Å². The van der Waals surface area contributed by atoms with Gasteiger partial charge in [-0.15, -0.1) is 0 Å². The van der Waals surface area contributed by atoms with Crippen LogP contribution in [0.3, 0.4) is 0 Å². The smallest absolute Gasteiger partial charge is 0.335 e. The molecule has 1 spiro atoms. The van der Waals surface area contributed by atoms with E-state index in [0.717, 1.165) is 85.4 Å². The lowest BCUT2D eigenvalue weighted by molar-refractivity contribution is -0.126. The van der Waals surface area contributed by atoms with Crippen molar-refractivity contribution in [1.29, 1.82) is 0 Å². The Hall–Kier alpha value is -2.85. The Morgan fingerprint density at radius 3 is 2.87 bits per heavy atom. The molecule has 2 aromatic carbocycles. The zero-order chi connectivity index (χ0) is 31.7. The van der Waals surface area contributed by atoms with Gasteiger partial charge in [0.25, 0.3) is 0 Å². The normalized spacial score (nSPS) is 27.9. The summed E-state index contributed by atoms with van der Waals surface area (Å²) in [5, 5.41) is 11.4. The molecule has 3 heterocycles. The number of benzene rings is 2. The molecule has 1 N–H and O–H groups in total. The summed E-state index contributed by atoms with van der Waals surface area (Å²) >= 11 is 8.05. The second-order valence-corrected chi connectivity index (χ2v) is 14.9. The summed E-state index contributed by atoms with van der Waals surface area (Å²) in [7, 11) is 0. The van der Waals surface area contributed by atoms with Gasteiger partial charge in [-0.25, -0.2) is 14.8 Å². The molecule has 244 valence electrons. The van der Waals surface area contributed by atoms with E-state index in [1.54, 1.807) is 36.3 Å². The molecule has 4 aliphatic rings. The number of carboxylic acid groups (broad SMARTS) is 1. The van der Waals surface area contributed by atoms with Gasteiger partial charge in [0, 0.05) is 54.7 Å². The standard InChI is InChI=1S/C36H42ClN3O5S/c1-23(20-46-35-38-13-3-14-39-35)45-28-11-15-43-33(18-28)29-8-5-26(29)19-40-21-36(12-2-4-24-16-27(37)7-9-30(24)36)22-44-32-10-6-25(34(41)42)17-31(32)40/h3,6-7,9-10,13-14,16-17,23,26,28-29,33H,2,4-5,8,11-12,15,18-22H2,1H3,(H,41,42)/t23?,26-,28-,29+,33-,36?/m0/s1. The van der Waals surface area contributed by atoms with Crippen molar-refractivity contribution in [2.24, 2.45) is 11.8 Å². The topological polar surface area (TPSA) is 94.0 Å². The minimum Gasteiger partial charge on any atom is -0.490 e. The van der Waals surface area contributed by atoms with Crippen LogP contribution in [0.1, 0.15) is 66.9 Å². The Morgan fingerprint density at radius 2 is 2.07 bits per heavy atom. The SMILES string of the molecule is CC(CSc1ncccn1)O[C@H]1CCO[C@H]([C@@H]2CC[C@H]2CN2CC3(CCCc4cc(Cl)ccc43)COc3ccc(C(=O)O)cc32)C1. The first-order chi connectivity index (χ1) is 22.4. The zero-order valence-electron chi connectivity index (χ0n) is 26.3. The molecule has 2 unspecified atom stereocenters. The van der Waals surface area contributed by atoms with Gasteiger partial charge in [0.15, 0.2) is 5.16 Å². The molecule has 8 nitrogen and oxygen atoms in total. The number of nitrogens with zero attached hydrogens (tertiary/aromatic N) is 3. The maximum absolute atomic E-state index is 12.0. The first kappa shape index (κ1) is 31.7. The predicted molar refractivity (Wildman–Crippen MR) is 179 cm³/mol. The molecule has 2 aliphatic heterocycles. The van der Waals surface area contributed by atoms with Crippen LogP contribution in [0.25, 0.3) is 0 Å². The van der Waals surface area contributed by atoms with Crippen LogP contribution in [0.2, 0.25) is 5.02 Å². The number of aryl methyl sites for hydroxylation is 1. The number of carboxylic acids is 1. The minimum absolute atomic E-state index is 0.0937. The molecule has 2 fully saturated rings. The van der Waals surface area contributed by atoms with Gasteiger partial charge >= 0.3 is 5.97 Å². The number of ether oxygens (including phenoxy) is 3. The first-order valence-electron chi connectivity index (χ1n) is 16.6. The highest BCUT2D eigenvalue weighted by atomic mass is 35.5. The lowest BCUT2D eigenvalue weighted by Crippen LogP contribution is -2.51. The number of rotatable bonds is 9. The third-order valence-electron chi connectivity index (χ3n) is 10.4. The number of fused-ring (bicyclic) bond motifs is 3. The monoisotopic (exact) mass is 663 g/mol.